The number of carbonyl (C=O) groups is 2. The molecule has 84 valence electrons. The number of rotatable bonds is 3. The van der Waals surface area contributed by atoms with Crippen LogP contribution in [0.5, 0.6) is 5.75 Å². The molecule has 0 spiro atoms. The third-order valence-electron chi connectivity index (χ3n) is 1.86. The van der Waals surface area contributed by atoms with Crippen LogP contribution in [0.3, 0.4) is 0 Å². The number of ether oxygens (including phenoxy) is 2. The van der Waals surface area contributed by atoms with E-state index in [4.69, 9.17) is 4.74 Å². The Morgan fingerprint density at radius 3 is 2.19 bits per heavy atom. The molecule has 1 aromatic carbocycles. The highest BCUT2D eigenvalue weighted by Crippen LogP contribution is 2.12. The second-order valence-corrected chi connectivity index (χ2v) is 3.19. The SMILES string of the molecule is C=C(C)C(=O)OC(=O)c1ccc(OC)cc1. The highest BCUT2D eigenvalue weighted by atomic mass is 16.6. The van der Waals surface area contributed by atoms with Gasteiger partial charge in [-0.25, -0.2) is 9.59 Å². The molecule has 0 fully saturated rings. The zero-order valence-corrected chi connectivity index (χ0v) is 9.15. The van der Waals surface area contributed by atoms with Gasteiger partial charge in [0.2, 0.25) is 0 Å². The van der Waals surface area contributed by atoms with Gasteiger partial charge < -0.3 is 9.47 Å². The van der Waals surface area contributed by atoms with E-state index in [9.17, 15) is 9.59 Å². The first kappa shape index (κ1) is 12.0. The van der Waals surface area contributed by atoms with Crippen molar-refractivity contribution >= 4 is 11.9 Å². The lowest BCUT2D eigenvalue weighted by Gasteiger charge is -2.03. The maximum atomic E-state index is 11.4. The van der Waals surface area contributed by atoms with Crippen LogP contribution in [0.2, 0.25) is 0 Å². The summed E-state index contributed by atoms with van der Waals surface area (Å²) >= 11 is 0. The van der Waals surface area contributed by atoms with Gasteiger partial charge in [-0.05, 0) is 31.2 Å². The minimum Gasteiger partial charge on any atom is -0.497 e. The molecule has 0 heterocycles. The van der Waals surface area contributed by atoms with Gasteiger partial charge in [0, 0.05) is 5.57 Å². The molecule has 0 atom stereocenters. The summed E-state index contributed by atoms with van der Waals surface area (Å²) in [6, 6.07) is 6.27. The van der Waals surface area contributed by atoms with Gasteiger partial charge in [0.1, 0.15) is 5.75 Å². The van der Waals surface area contributed by atoms with E-state index in [-0.39, 0.29) is 11.1 Å². The Morgan fingerprint density at radius 2 is 1.75 bits per heavy atom. The van der Waals surface area contributed by atoms with E-state index < -0.39 is 11.9 Å². The number of hydrogen-bond acceptors (Lipinski definition) is 4. The molecule has 0 amide bonds. The van der Waals surface area contributed by atoms with Crippen LogP contribution in [0.1, 0.15) is 17.3 Å². The topological polar surface area (TPSA) is 52.6 Å². The van der Waals surface area contributed by atoms with Crippen molar-refractivity contribution in [2.75, 3.05) is 7.11 Å². The Kier molecular flexibility index (Phi) is 3.83. The number of methoxy groups -OCH3 is 1. The number of carbonyl (C=O) groups excluding carboxylic acids is 2. The van der Waals surface area contributed by atoms with E-state index in [0.29, 0.717) is 5.75 Å². The number of esters is 2. The number of hydrogen-bond donors (Lipinski definition) is 0. The van der Waals surface area contributed by atoms with Crippen molar-refractivity contribution in [3.63, 3.8) is 0 Å². The minimum absolute atomic E-state index is 0.182. The van der Waals surface area contributed by atoms with Crippen molar-refractivity contribution in [1.29, 1.82) is 0 Å². The standard InChI is InChI=1S/C12H12O4/c1-8(2)11(13)16-12(14)9-4-6-10(15-3)7-5-9/h4-7H,1H2,2-3H3. The smallest absolute Gasteiger partial charge is 0.346 e. The second kappa shape index (κ2) is 5.11. The highest BCUT2D eigenvalue weighted by molar-refractivity contribution is 6.01. The molecule has 0 bridgehead atoms. The summed E-state index contributed by atoms with van der Waals surface area (Å²) in [5.41, 5.74) is 0.470. The van der Waals surface area contributed by atoms with Gasteiger partial charge in [0.15, 0.2) is 0 Å². The lowest BCUT2D eigenvalue weighted by molar-refractivity contribution is -0.133. The molecule has 0 N–H and O–H groups in total. The van der Waals surface area contributed by atoms with Gasteiger partial charge in [-0.15, -0.1) is 0 Å². The number of benzene rings is 1. The van der Waals surface area contributed by atoms with Crippen molar-refractivity contribution in [1.82, 2.24) is 0 Å². The fourth-order valence-electron chi connectivity index (χ4n) is 0.957. The molecule has 0 aliphatic heterocycles. The van der Waals surface area contributed by atoms with E-state index in [2.05, 4.69) is 11.3 Å². The monoisotopic (exact) mass is 220 g/mol. The van der Waals surface area contributed by atoms with Gasteiger partial charge in [-0.1, -0.05) is 6.58 Å². The fourth-order valence-corrected chi connectivity index (χ4v) is 0.957. The van der Waals surface area contributed by atoms with Crippen molar-refractivity contribution in [3.05, 3.63) is 42.0 Å². The van der Waals surface area contributed by atoms with E-state index in [1.54, 1.807) is 12.1 Å². The Balaban J connectivity index is 2.73. The Morgan fingerprint density at radius 1 is 1.19 bits per heavy atom. The molecule has 4 heteroatoms. The molecule has 0 radical (unpaired) electrons. The largest absolute Gasteiger partial charge is 0.497 e. The first-order valence-corrected chi connectivity index (χ1v) is 4.60. The molecule has 4 nitrogen and oxygen atoms in total. The summed E-state index contributed by atoms with van der Waals surface area (Å²) in [5.74, 6) is -0.792. The first-order chi connectivity index (χ1) is 7.54. The predicted molar refractivity (Wildman–Crippen MR) is 58.2 cm³/mol. The molecular weight excluding hydrogens is 208 g/mol. The third-order valence-corrected chi connectivity index (χ3v) is 1.86. The van der Waals surface area contributed by atoms with E-state index >= 15 is 0 Å². The summed E-state index contributed by atoms with van der Waals surface area (Å²) in [7, 11) is 1.53. The zero-order chi connectivity index (χ0) is 12.1. The van der Waals surface area contributed by atoms with Crippen molar-refractivity contribution in [2.45, 2.75) is 6.92 Å². The van der Waals surface area contributed by atoms with E-state index in [1.165, 1.54) is 26.2 Å². The van der Waals surface area contributed by atoms with Gasteiger partial charge in [-0.2, -0.15) is 0 Å². The predicted octanol–water partition coefficient (Wildman–Crippen LogP) is 1.95. The molecule has 1 rings (SSSR count). The van der Waals surface area contributed by atoms with Crippen molar-refractivity contribution in [3.8, 4) is 5.75 Å². The molecule has 0 aliphatic rings. The van der Waals surface area contributed by atoms with E-state index in [1.807, 2.05) is 0 Å². The van der Waals surface area contributed by atoms with Gasteiger partial charge in [0.05, 0.1) is 12.7 Å². The third kappa shape index (κ3) is 2.95. The molecule has 0 saturated heterocycles. The van der Waals surface area contributed by atoms with Crippen LogP contribution in [0.25, 0.3) is 0 Å². The summed E-state index contributed by atoms with van der Waals surface area (Å²) in [5, 5.41) is 0. The molecule has 16 heavy (non-hydrogen) atoms. The average Bonchev–Trinajstić information content (AvgIpc) is 2.28. The summed E-state index contributed by atoms with van der Waals surface area (Å²) in [4.78, 5) is 22.5. The maximum Gasteiger partial charge on any atom is 0.346 e. The van der Waals surface area contributed by atoms with Crippen LogP contribution in [0, 0.1) is 0 Å². The fraction of sp³-hybridized carbons (Fsp3) is 0.167. The van der Waals surface area contributed by atoms with Crippen LogP contribution < -0.4 is 4.74 Å². The zero-order valence-electron chi connectivity index (χ0n) is 9.15. The minimum atomic E-state index is -0.721. The van der Waals surface area contributed by atoms with Crippen molar-refractivity contribution < 1.29 is 19.1 Å². The van der Waals surface area contributed by atoms with Gasteiger partial charge in [0.25, 0.3) is 0 Å². The van der Waals surface area contributed by atoms with Crippen LogP contribution in [-0.2, 0) is 9.53 Å². The first-order valence-electron chi connectivity index (χ1n) is 4.60. The molecule has 0 unspecified atom stereocenters. The van der Waals surface area contributed by atoms with Crippen LogP contribution in [0.4, 0.5) is 0 Å². The quantitative estimate of drug-likeness (QED) is 0.444. The molecule has 1 aromatic rings. The lowest BCUT2D eigenvalue weighted by atomic mass is 10.2. The Labute approximate surface area is 93.5 Å². The Hall–Kier alpha value is -2.10. The molecule has 0 aromatic heterocycles. The summed E-state index contributed by atoms with van der Waals surface area (Å²) in [6.45, 7) is 4.86. The van der Waals surface area contributed by atoms with Crippen LogP contribution in [-0.4, -0.2) is 19.0 Å². The summed E-state index contributed by atoms with van der Waals surface area (Å²) < 4.78 is 9.49. The van der Waals surface area contributed by atoms with Crippen LogP contribution >= 0.6 is 0 Å². The lowest BCUT2D eigenvalue weighted by Crippen LogP contribution is -2.12. The van der Waals surface area contributed by atoms with Crippen molar-refractivity contribution in [2.24, 2.45) is 0 Å². The summed E-state index contributed by atoms with van der Waals surface area (Å²) in [6.07, 6.45) is 0. The van der Waals surface area contributed by atoms with Crippen LogP contribution in [0.15, 0.2) is 36.4 Å². The molecular formula is C12H12O4. The maximum absolute atomic E-state index is 11.4. The Bertz CT molecular complexity index is 417. The normalized spacial score (nSPS) is 9.38. The van der Waals surface area contributed by atoms with Gasteiger partial charge in [-0.3, -0.25) is 0 Å². The molecule has 0 saturated carbocycles. The van der Waals surface area contributed by atoms with Gasteiger partial charge >= 0.3 is 11.9 Å². The average molecular weight is 220 g/mol. The molecule has 0 aliphatic carbocycles. The second-order valence-electron chi connectivity index (χ2n) is 3.19. The van der Waals surface area contributed by atoms with E-state index in [0.717, 1.165) is 0 Å². The highest BCUT2D eigenvalue weighted by Gasteiger charge is 2.13.